The first-order valence-corrected chi connectivity index (χ1v) is 15.0. The number of carbonyl (C=O) groups is 3. The van der Waals surface area contributed by atoms with E-state index in [1.54, 1.807) is 0 Å². The lowest BCUT2D eigenvalue weighted by Gasteiger charge is -2.33. The van der Waals surface area contributed by atoms with E-state index in [1.165, 1.54) is 13.8 Å². The van der Waals surface area contributed by atoms with Crippen molar-refractivity contribution in [1.29, 1.82) is 0 Å². The van der Waals surface area contributed by atoms with Crippen LogP contribution in [0.25, 0.3) is 22.2 Å². The molecule has 3 amide bonds. The van der Waals surface area contributed by atoms with E-state index in [1.807, 2.05) is 47.4 Å². The van der Waals surface area contributed by atoms with Crippen LogP contribution in [0.2, 0.25) is 0 Å². The number of anilines is 1. The third-order valence-electron chi connectivity index (χ3n) is 7.96. The Balaban J connectivity index is 1.19. The van der Waals surface area contributed by atoms with E-state index in [9.17, 15) is 14.4 Å². The average molecular weight is 581 g/mol. The van der Waals surface area contributed by atoms with E-state index < -0.39 is 0 Å². The summed E-state index contributed by atoms with van der Waals surface area (Å²) in [6, 6.07) is 23.7. The van der Waals surface area contributed by atoms with Crippen molar-refractivity contribution in [2.45, 2.75) is 58.0 Å². The minimum atomic E-state index is -0.280. The highest BCUT2D eigenvalue weighted by Crippen LogP contribution is 2.30. The van der Waals surface area contributed by atoms with Gasteiger partial charge in [-0.2, -0.15) is 0 Å². The Morgan fingerprint density at radius 1 is 0.953 bits per heavy atom. The fourth-order valence-electron chi connectivity index (χ4n) is 5.91. The lowest BCUT2D eigenvalue weighted by atomic mass is 9.95. The van der Waals surface area contributed by atoms with Gasteiger partial charge in [-0.25, -0.2) is 4.98 Å². The number of piperidine rings is 1. The van der Waals surface area contributed by atoms with Gasteiger partial charge in [0.15, 0.2) is 0 Å². The molecule has 3 aromatic carbocycles. The van der Waals surface area contributed by atoms with Crippen molar-refractivity contribution < 1.29 is 14.4 Å². The van der Waals surface area contributed by atoms with Crippen molar-refractivity contribution in [1.82, 2.24) is 19.8 Å². The minimum absolute atomic E-state index is 0.0535. The maximum Gasteiger partial charge on any atom is 0.224 e. The van der Waals surface area contributed by atoms with Crippen LogP contribution >= 0.6 is 0 Å². The molecule has 1 aromatic heterocycles. The quantitative estimate of drug-likeness (QED) is 0.256. The number of benzene rings is 3. The van der Waals surface area contributed by atoms with Crippen LogP contribution in [-0.2, 0) is 27.3 Å². The second-order valence-corrected chi connectivity index (χ2v) is 11.4. The Kier molecular flexibility index (Phi) is 9.51. The molecule has 1 aliphatic heterocycles. The Morgan fingerprint density at radius 3 is 2.35 bits per heavy atom. The zero-order valence-corrected chi connectivity index (χ0v) is 24.9. The number of aromatic nitrogens is 2. The van der Waals surface area contributed by atoms with Gasteiger partial charge in [0.05, 0.1) is 11.0 Å². The lowest BCUT2D eigenvalue weighted by Crippen LogP contribution is -2.42. The van der Waals surface area contributed by atoms with E-state index >= 15 is 0 Å². The maximum atomic E-state index is 13.4. The predicted octanol–water partition coefficient (Wildman–Crippen LogP) is 4.46. The molecule has 0 unspecified atom stereocenters. The average Bonchev–Trinajstić information content (AvgIpc) is 3.36. The number of nitrogens with two attached hydrogens (primary N) is 1. The molecule has 1 fully saturated rings. The summed E-state index contributed by atoms with van der Waals surface area (Å²) < 4.78 is 2.19. The first-order valence-electron chi connectivity index (χ1n) is 15.0. The van der Waals surface area contributed by atoms with Crippen LogP contribution in [0.3, 0.4) is 0 Å². The molecule has 0 radical (unpaired) electrons. The summed E-state index contributed by atoms with van der Waals surface area (Å²) in [5.74, 6) is 1.02. The van der Waals surface area contributed by atoms with Gasteiger partial charge in [-0.15, -0.1) is 0 Å². The summed E-state index contributed by atoms with van der Waals surface area (Å²) >= 11 is 0. The normalized spacial score (nSPS) is 15.7. The maximum absolute atomic E-state index is 13.4. The molecular formula is C34H40N6O3. The zero-order chi connectivity index (χ0) is 30.3. The fourth-order valence-corrected chi connectivity index (χ4v) is 5.91. The first kappa shape index (κ1) is 30.0. The SMILES string of the molecule is CC(=O)NCCn1c([C@@H]2CCCN(C(=O)C[C@H](N)Cc3ccc(-c4ccc(NC(C)=O)cc4)cc3)C2)nc2ccccc21. The molecule has 224 valence electrons. The van der Waals surface area contributed by atoms with Gasteiger partial charge in [0.2, 0.25) is 17.7 Å². The molecule has 1 aliphatic rings. The van der Waals surface area contributed by atoms with E-state index in [4.69, 9.17) is 10.7 Å². The van der Waals surface area contributed by atoms with Crippen molar-refractivity contribution >= 4 is 34.4 Å². The van der Waals surface area contributed by atoms with Gasteiger partial charge in [0, 0.05) is 64.1 Å². The van der Waals surface area contributed by atoms with Gasteiger partial charge < -0.3 is 25.8 Å². The lowest BCUT2D eigenvalue weighted by molar-refractivity contribution is -0.132. The van der Waals surface area contributed by atoms with Crippen LogP contribution in [0.15, 0.2) is 72.8 Å². The van der Waals surface area contributed by atoms with Crippen LogP contribution in [-0.4, -0.2) is 57.8 Å². The highest BCUT2D eigenvalue weighted by atomic mass is 16.2. The largest absolute Gasteiger partial charge is 0.355 e. The summed E-state index contributed by atoms with van der Waals surface area (Å²) in [7, 11) is 0. The molecule has 1 saturated heterocycles. The predicted molar refractivity (Wildman–Crippen MR) is 169 cm³/mol. The third-order valence-corrected chi connectivity index (χ3v) is 7.96. The fraction of sp³-hybridized carbons (Fsp3) is 0.353. The number of hydrogen-bond acceptors (Lipinski definition) is 5. The Hall–Kier alpha value is -4.50. The van der Waals surface area contributed by atoms with Gasteiger partial charge in [-0.3, -0.25) is 14.4 Å². The van der Waals surface area contributed by atoms with Crippen molar-refractivity contribution in [3.63, 3.8) is 0 Å². The van der Waals surface area contributed by atoms with Crippen molar-refractivity contribution in [3.05, 3.63) is 84.2 Å². The number of nitrogens with zero attached hydrogens (tertiary/aromatic N) is 3. The van der Waals surface area contributed by atoms with E-state index in [0.29, 0.717) is 26.1 Å². The number of hydrogen-bond donors (Lipinski definition) is 3. The van der Waals surface area contributed by atoms with Gasteiger partial charge in [-0.1, -0.05) is 48.5 Å². The first-order chi connectivity index (χ1) is 20.8. The Labute approximate surface area is 252 Å². The molecule has 2 heterocycles. The van der Waals surface area contributed by atoms with Crippen LogP contribution in [0.5, 0.6) is 0 Å². The summed E-state index contributed by atoms with van der Waals surface area (Å²) in [6.07, 6.45) is 2.77. The molecular weight excluding hydrogens is 540 g/mol. The van der Waals surface area contributed by atoms with E-state index in [0.717, 1.165) is 58.6 Å². The molecule has 0 aliphatic carbocycles. The van der Waals surface area contributed by atoms with Crippen molar-refractivity contribution in [2.75, 3.05) is 25.0 Å². The number of rotatable bonds is 10. The van der Waals surface area contributed by atoms with Crippen molar-refractivity contribution in [3.8, 4) is 11.1 Å². The van der Waals surface area contributed by atoms with Crippen LogP contribution in [0.4, 0.5) is 5.69 Å². The third kappa shape index (κ3) is 7.67. The number of imidazole rings is 1. The zero-order valence-electron chi connectivity index (χ0n) is 24.9. The highest BCUT2D eigenvalue weighted by molar-refractivity contribution is 5.89. The molecule has 0 bridgehead atoms. The molecule has 43 heavy (non-hydrogen) atoms. The van der Waals surface area contributed by atoms with E-state index in [-0.39, 0.29) is 36.1 Å². The second-order valence-electron chi connectivity index (χ2n) is 11.4. The van der Waals surface area contributed by atoms with E-state index in [2.05, 4.69) is 45.5 Å². The van der Waals surface area contributed by atoms with Crippen LogP contribution in [0, 0.1) is 0 Å². The summed E-state index contributed by atoms with van der Waals surface area (Å²) in [4.78, 5) is 43.0. The molecule has 9 heteroatoms. The number of nitrogens with one attached hydrogen (secondary N) is 2. The second kappa shape index (κ2) is 13.6. The Bertz CT molecular complexity index is 1580. The van der Waals surface area contributed by atoms with Gasteiger partial charge >= 0.3 is 0 Å². The highest BCUT2D eigenvalue weighted by Gasteiger charge is 2.29. The minimum Gasteiger partial charge on any atom is -0.355 e. The monoisotopic (exact) mass is 580 g/mol. The van der Waals surface area contributed by atoms with Crippen LogP contribution in [0.1, 0.15) is 50.4 Å². The molecule has 9 nitrogen and oxygen atoms in total. The summed E-state index contributed by atoms with van der Waals surface area (Å²) in [5, 5.41) is 5.67. The van der Waals surface area contributed by atoms with Gasteiger partial charge in [-0.05, 0) is 60.2 Å². The number of carbonyl (C=O) groups excluding carboxylic acids is 3. The molecule has 2 atom stereocenters. The van der Waals surface area contributed by atoms with Gasteiger partial charge in [0.25, 0.3) is 0 Å². The molecule has 0 spiro atoms. The Morgan fingerprint density at radius 2 is 1.65 bits per heavy atom. The van der Waals surface area contributed by atoms with Crippen LogP contribution < -0.4 is 16.4 Å². The smallest absolute Gasteiger partial charge is 0.224 e. The molecule has 4 N–H and O–H groups in total. The summed E-state index contributed by atoms with van der Waals surface area (Å²) in [6.45, 7) is 5.51. The molecule has 5 rings (SSSR count). The number of para-hydroxylation sites is 2. The number of amides is 3. The van der Waals surface area contributed by atoms with Gasteiger partial charge in [0.1, 0.15) is 5.82 Å². The molecule has 0 saturated carbocycles. The number of fused-ring (bicyclic) bond motifs is 1. The molecule has 4 aromatic rings. The topological polar surface area (TPSA) is 122 Å². The standard InChI is InChI=1S/C34H40N6O3/c1-23(41)36-17-19-40-32-8-4-3-7-31(32)38-34(40)28-6-5-18-39(22-28)33(43)21-29(35)20-25-9-11-26(12-10-25)27-13-15-30(16-14-27)37-24(2)42/h3-4,7-16,28-29H,5-6,17-22,35H2,1-2H3,(H,36,41)(H,37,42)/t28-,29-/m1/s1. The number of likely N-dealkylation sites (tertiary alicyclic amines) is 1. The summed E-state index contributed by atoms with van der Waals surface area (Å²) in [5.41, 5.74) is 12.4. The van der Waals surface area contributed by atoms with Crippen molar-refractivity contribution in [2.24, 2.45) is 5.73 Å².